The molecule has 2 aromatic carbocycles. The molecule has 0 spiro atoms. The summed E-state index contributed by atoms with van der Waals surface area (Å²) in [6.07, 6.45) is 0. The van der Waals surface area contributed by atoms with Gasteiger partial charge in [0.15, 0.2) is 17.3 Å². The number of anilines is 1. The van der Waals surface area contributed by atoms with Crippen LogP contribution in [0.15, 0.2) is 30.3 Å². The molecule has 0 radical (unpaired) electrons. The number of nitrogens with one attached hydrogen (secondary N) is 1. The summed E-state index contributed by atoms with van der Waals surface area (Å²) in [7, 11) is 3.93. The average molecular weight is 400 g/mol. The molecule has 0 unspecified atom stereocenters. The monoisotopic (exact) mass is 399 g/mol. The van der Waals surface area contributed by atoms with Gasteiger partial charge < -0.3 is 19.4 Å². The minimum absolute atomic E-state index is 0.450. The lowest BCUT2D eigenvalue weighted by atomic mass is 10.0. The van der Waals surface area contributed by atoms with E-state index in [9.17, 15) is 4.21 Å². The largest absolute Gasteiger partial charge is 0.490 e. The van der Waals surface area contributed by atoms with Crippen molar-refractivity contribution in [2.75, 3.05) is 32.2 Å². The fraction of sp³-hybridized carbons (Fsp3) is 0.333. The number of aromatic amines is 1. The number of aryl methyl sites for hydroxylation is 1. The molecule has 1 N–H and O–H groups in total. The van der Waals surface area contributed by atoms with Gasteiger partial charge >= 0.3 is 0 Å². The summed E-state index contributed by atoms with van der Waals surface area (Å²) in [5.41, 5.74) is 4.42. The maximum Gasteiger partial charge on any atom is 0.163 e. The number of imidazole rings is 1. The minimum Gasteiger partial charge on any atom is -0.490 e. The van der Waals surface area contributed by atoms with E-state index in [2.05, 4.69) is 9.97 Å². The van der Waals surface area contributed by atoms with E-state index in [1.165, 1.54) is 0 Å². The maximum atomic E-state index is 12.1. The van der Waals surface area contributed by atoms with Crippen LogP contribution in [0.25, 0.3) is 11.0 Å². The SMILES string of the molecule is CCOc1cc2nc(C(=S=O)c3c(C)cccc3N(C)C)[nH]c2cc1OCC. The first-order valence-electron chi connectivity index (χ1n) is 9.23. The molecular formula is C21H25N3O3S. The van der Waals surface area contributed by atoms with E-state index in [-0.39, 0.29) is 0 Å². The lowest BCUT2D eigenvalue weighted by molar-refractivity contribution is 0.288. The van der Waals surface area contributed by atoms with Crippen molar-refractivity contribution >= 4 is 32.8 Å². The van der Waals surface area contributed by atoms with Gasteiger partial charge in [-0.2, -0.15) is 0 Å². The van der Waals surface area contributed by atoms with Crippen molar-refractivity contribution in [2.24, 2.45) is 0 Å². The molecule has 0 bridgehead atoms. The number of hydrogen-bond donors (Lipinski definition) is 1. The van der Waals surface area contributed by atoms with Gasteiger partial charge in [-0.3, -0.25) is 0 Å². The molecule has 3 rings (SSSR count). The van der Waals surface area contributed by atoms with E-state index in [0.717, 1.165) is 27.8 Å². The van der Waals surface area contributed by atoms with Crippen LogP contribution >= 0.6 is 0 Å². The molecular weight excluding hydrogens is 374 g/mol. The van der Waals surface area contributed by atoms with Crippen LogP contribution < -0.4 is 14.4 Å². The van der Waals surface area contributed by atoms with Crippen molar-refractivity contribution in [3.05, 3.63) is 47.3 Å². The molecule has 6 nitrogen and oxygen atoms in total. The smallest absolute Gasteiger partial charge is 0.163 e. The van der Waals surface area contributed by atoms with E-state index >= 15 is 0 Å². The lowest BCUT2D eigenvalue weighted by Crippen LogP contribution is -2.17. The number of hydrogen-bond acceptors (Lipinski definition) is 5. The van der Waals surface area contributed by atoms with Gasteiger partial charge in [-0.1, -0.05) is 12.1 Å². The summed E-state index contributed by atoms with van der Waals surface area (Å²) >= 11 is 0.450. The molecule has 0 saturated carbocycles. The van der Waals surface area contributed by atoms with Crippen molar-refractivity contribution in [3.8, 4) is 11.5 Å². The van der Waals surface area contributed by atoms with Gasteiger partial charge in [0.25, 0.3) is 0 Å². The number of aromatic nitrogens is 2. The normalized spacial score (nSPS) is 10.8. The molecule has 3 aromatic rings. The predicted molar refractivity (Wildman–Crippen MR) is 115 cm³/mol. The Morgan fingerprint density at radius 2 is 1.82 bits per heavy atom. The fourth-order valence-electron chi connectivity index (χ4n) is 3.18. The van der Waals surface area contributed by atoms with Crippen molar-refractivity contribution in [2.45, 2.75) is 20.8 Å². The Bertz CT molecular complexity index is 1010. The van der Waals surface area contributed by atoms with Gasteiger partial charge in [-0.15, -0.1) is 0 Å². The first-order valence-corrected chi connectivity index (χ1v) is 9.98. The number of fused-ring (bicyclic) bond motifs is 1. The number of H-pyrrole nitrogens is 1. The summed E-state index contributed by atoms with van der Waals surface area (Å²) < 4.78 is 23.5. The molecule has 0 aliphatic carbocycles. The van der Waals surface area contributed by atoms with Crippen LogP contribution in [0.2, 0.25) is 0 Å². The van der Waals surface area contributed by atoms with Crippen LogP contribution in [-0.2, 0) is 11.3 Å². The van der Waals surface area contributed by atoms with Crippen molar-refractivity contribution in [1.29, 1.82) is 0 Å². The molecule has 0 aliphatic rings. The van der Waals surface area contributed by atoms with E-state index in [0.29, 0.717) is 46.7 Å². The van der Waals surface area contributed by atoms with E-state index < -0.39 is 0 Å². The van der Waals surface area contributed by atoms with Gasteiger partial charge in [-0.05, 0) is 32.4 Å². The maximum absolute atomic E-state index is 12.1. The van der Waals surface area contributed by atoms with Crippen LogP contribution in [-0.4, -0.2) is 46.4 Å². The number of ether oxygens (including phenoxy) is 2. The molecule has 1 aromatic heterocycles. The standard InChI is InChI=1S/C21H25N3O3S/c1-6-26-17-11-14-15(12-18(17)27-7-2)23-21(22-14)20(28-25)19-13(3)9-8-10-16(19)24(4)5/h8-12H,6-7H2,1-5H3,(H,22,23). The number of nitrogens with zero attached hydrogens (tertiary/aromatic N) is 2. The molecule has 0 aliphatic heterocycles. The zero-order valence-corrected chi connectivity index (χ0v) is 17.6. The zero-order chi connectivity index (χ0) is 20.3. The molecule has 148 valence electrons. The second kappa shape index (κ2) is 8.48. The Morgan fingerprint density at radius 1 is 1.14 bits per heavy atom. The second-order valence-electron chi connectivity index (χ2n) is 6.54. The number of rotatable bonds is 7. The highest BCUT2D eigenvalue weighted by atomic mass is 32.1. The third-order valence-electron chi connectivity index (χ3n) is 4.41. The molecule has 0 amide bonds. The third-order valence-corrected chi connectivity index (χ3v) is 4.97. The van der Waals surface area contributed by atoms with Gasteiger partial charge in [0, 0.05) is 37.5 Å². The quantitative estimate of drug-likeness (QED) is 0.486. The third kappa shape index (κ3) is 3.75. The highest BCUT2D eigenvalue weighted by molar-refractivity contribution is 7.67. The molecule has 1 heterocycles. The van der Waals surface area contributed by atoms with Crippen molar-refractivity contribution < 1.29 is 13.7 Å². The molecule has 0 atom stereocenters. The van der Waals surface area contributed by atoms with Crippen LogP contribution in [0.5, 0.6) is 11.5 Å². The summed E-state index contributed by atoms with van der Waals surface area (Å²) in [4.78, 5) is 10.5. The van der Waals surface area contributed by atoms with Crippen LogP contribution in [0.1, 0.15) is 30.8 Å². The van der Waals surface area contributed by atoms with Gasteiger partial charge in [0.1, 0.15) is 16.1 Å². The summed E-state index contributed by atoms with van der Waals surface area (Å²) in [6, 6.07) is 9.71. The minimum atomic E-state index is 0.450. The zero-order valence-electron chi connectivity index (χ0n) is 16.8. The Kier molecular flexibility index (Phi) is 6.04. The first-order chi connectivity index (χ1) is 13.5. The van der Waals surface area contributed by atoms with Gasteiger partial charge in [0.05, 0.1) is 24.2 Å². The Morgan fingerprint density at radius 3 is 2.43 bits per heavy atom. The van der Waals surface area contributed by atoms with Crippen molar-refractivity contribution in [1.82, 2.24) is 9.97 Å². The lowest BCUT2D eigenvalue weighted by Gasteiger charge is -2.19. The van der Waals surface area contributed by atoms with Crippen molar-refractivity contribution in [3.63, 3.8) is 0 Å². The number of benzene rings is 2. The van der Waals surface area contributed by atoms with Gasteiger partial charge in [-0.25, -0.2) is 9.19 Å². The van der Waals surface area contributed by atoms with E-state index in [4.69, 9.17) is 9.47 Å². The summed E-state index contributed by atoms with van der Waals surface area (Å²) in [6.45, 7) is 6.93. The van der Waals surface area contributed by atoms with Crippen LogP contribution in [0.3, 0.4) is 0 Å². The Labute approximate surface area is 168 Å². The summed E-state index contributed by atoms with van der Waals surface area (Å²) in [5.74, 6) is 1.85. The fourth-order valence-corrected chi connectivity index (χ4v) is 3.71. The Hall–Kier alpha value is -2.80. The predicted octanol–water partition coefficient (Wildman–Crippen LogP) is 3.52. The van der Waals surface area contributed by atoms with E-state index in [1.54, 1.807) is 0 Å². The van der Waals surface area contributed by atoms with Gasteiger partial charge in [0.2, 0.25) is 0 Å². The second-order valence-corrected chi connectivity index (χ2v) is 7.12. The first kappa shape index (κ1) is 19.9. The topological polar surface area (TPSA) is 67.5 Å². The highest BCUT2D eigenvalue weighted by Crippen LogP contribution is 2.32. The highest BCUT2D eigenvalue weighted by Gasteiger charge is 2.20. The van der Waals surface area contributed by atoms with Crippen LogP contribution in [0, 0.1) is 6.92 Å². The molecule has 0 fully saturated rings. The average Bonchev–Trinajstić information content (AvgIpc) is 3.06. The summed E-state index contributed by atoms with van der Waals surface area (Å²) in [5, 5.41) is 0. The Balaban J connectivity index is 2.17. The van der Waals surface area contributed by atoms with Crippen LogP contribution in [0.4, 0.5) is 5.69 Å². The molecule has 0 saturated heterocycles. The molecule has 7 heteroatoms. The molecule has 28 heavy (non-hydrogen) atoms. The van der Waals surface area contributed by atoms with E-state index in [1.807, 2.05) is 70.1 Å².